The summed E-state index contributed by atoms with van der Waals surface area (Å²) in [6.45, 7) is 0.104. The molecule has 1 heterocycles. The Balaban J connectivity index is 1.41. The van der Waals surface area contributed by atoms with E-state index in [1.807, 2.05) is 0 Å². The molecule has 6 nitrogen and oxygen atoms in total. The minimum Gasteiger partial charge on any atom is -0.454 e. The van der Waals surface area contributed by atoms with Crippen molar-refractivity contribution in [3.63, 3.8) is 0 Å². The van der Waals surface area contributed by atoms with E-state index in [1.54, 1.807) is 24.3 Å². The Bertz CT molecular complexity index is 776. The average molecular weight is 345 g/mol. The molecule has 1 aliphatic heterocycles. The number of halogens is 1. The third-order valence-corrected chi connectivity index (χ3v) is 3.59. The molecular weight excluding hydrogens is 329 g/mol. The molecule has 0 saturated heterocycles. The molecule has 0 radical (unpaired) electrons. The number of benzene rings is 2. The Morgan fingerprint density at radius 1 is 1.08 bits per heavy atom. The van der Waals surface area contributed by atoms with Gasteiger partial charge in [-0.15, -0.1) is 0 Å². The van der Waals surface area contributed by atoms with E-state index < -0.39 is 11.9 Å². The van der Waals surface area contributed by atoms with Crippen LogP contribution in [0.25, 0.3) is 0 Å². The van der Waals surface area contributed by atoms with Gasteiger partial charge in [-0.3, -0.25) is 4.79 Å². The zero-order valence-electron chi connectivity index (χ0n) is 13.3. The van der Waals surface area contributed by atoms with Crippen molar-refractivity contribution in [2.75, 3.05) is 19.9 Å². The lowest BCUT2D eigenvalue weighted by Crippen LogP contribution is -2.30. The molecule has 0 aliphatic carbocycles. The van der Waals surface area contributed by atoms with Gasteiger partial charge in [0.25, 0.3) is 5.91 Å². The monoisotopic (exact) mass is 345 g/mol. The second-order valence-corrected chi connectivity index (χ2v) is 5.37. The van der Waals surface area contributed by atoms with Crippen LogP contribution < -0.4 is 14.8 Å². The molecule has 2 aromatic carbocycles. The lowest BCUT2D eigenvalue weighted by atomic mass is 10.1. The van der Waals surface area contributed by atoms with Gasteiger partial charge in [-0.05, 0) is 42.3 Å². The van der Waals surface area contributed by atoms with Gasteiger partial charge < -0.3 is 19.5 Å². The minimum atomic E-state index is -0.619. The number of nitrogens with one attached hydrogen (secondary N) is 1. The Morgan fingerprint density at radius 2 is 1.84 bits per heavy atom. The number of rotatable bonds is 6. The van der Waals surface area contributed by atoms with Crippen molar-refractivity contribution in [3.05, 3.63) is 59.4 Å². The molecule has 1 aliphatic rings. The molecule has 0 bridgehead atoms. The van der Waals surface area contributed by atoms with Crippen molar-refractivity contribution in [1.82, 2.24) is 5.32 Å². The maximum atomic E-state index is 12.8. The van der Waals surface area contributed by atoms with Gasteiger partial charge in [0.2, 0.25) is 6.79 Å². The van der Waals surface area contributed by atoms with E-state index in [0.29, 0.717) is 24.5 Å². The Labute approximate surface area is 143 Å². The second kappa shape index (κ2) is 7.65. The molecule has 0 saturated carbocycles. The van der Waals surface area contributed by atoms with E-state index in [9.17, 15) is 14.0 Å². The molecule has 3 rings (SSSR count). The number of fused-ring (bicyclic) bond motifs is 1. The maximum absolute atomic E-state index is 12.8. The van der Waals surface area contributed by atoms with Gasteiger partial charge in [-0.25, -0.2) is 9.18 Å². The number of esters is 1. The highest BCUT2D eigenvalue weighted by Gasteiger charge is 2.17. The zero-order valence-corrected chi connectivity index (χ0v) is 13.3. The van der Waals surface area contributed by atoms with Crippen LogP contribution in [0, 0.1) is 5.82 Å². The van der Waals surface area contributed by atoms with Crippen molar-refractivity contribution in [1.29, 1.82) is 0 Å². The van der Waals surface area contributed by atoms with Crippen molar-refractivity contribution in [3.8, 4) is 11.5 Å². The third kappa shape index (κ3) is 4.47. The standard InChI is InChI=1S/C18H16FNO5/c19-14-4-1-12(2-5-14)7-8-20-17(21)10-23-18(22)13-3-6-15-16(9-13)25-11-24-15/h1-6,9H,7-8,10-11H2,(H,20,21). The van der Waals surface area contributed by atoms with Crippen molar-refractivity contribution in [2.24, 2.45) is 0 Å². The molecule has 2 aromatic rings. The first-order chi connectivity index (χ1) is 12.1. The summed E-state index contributed by atoms with van der Waals surface area (Å²) in [6, 6.07) is 10.7. The topological polar surface area (TPSA) is 73.9 Å². The van der Waals surface area contributed by atoms with E-state index in [4.69, 9.17) is 14.2 Å². The predicted octanol–water partition coefficient (Wildman–Crippen LogP) is 2.07. The molecule has 1 amide bonds. The predicted molar refractivity (Wildman–Crippen MR) is 86.0 cm³/mol. The smallest absolute Gasteiger partial charge is 0.338 e. The van der Waals surface area contributed by atoms with Gasteiger partial charge in [-0.2, -0.15) is 0 Å². The molecule has 0 fully saturated rings. The Hall–Kier alpha value is -3.09. The number of hydrogen-bond donors (Lipinski definition) is 1. The molecule has 0 aromatic heterocycles. The first-order valence-corrected chi connectivity index (χ1v) is 7.70. The first-order valence-electron chi connectivity index (χ1n) is 7.70. The fraction of sp³-hybridized carbons (Fsp3) is 0.222. The molecule has 1 N–H and O–H groups in total. The number of ether oxygens (including phenoxy) is 3. The van der Waals surface area contributed by atoms with Gasteiger partial charge in [0.05, 0.1) is 5.56 Å². The lowest BCUT2D eigenvalue weighted by molar-refractivity contribution is -0.124. The third-order valence-electron chi connectivity index (χ3n) is 3.59. The van der Waals surface area contributed by atoms with E-state index in [-0.39, 0.29) is 24.8 Å². The summed E-state index contributed by atoms with van der Waals surface area (Å²) in [6.07, 6.45) is 0.558. The molecule has 130 valence electrons. The van der Waals surface area contributed by atoms with Crippen LogP contribution in [0.5, 0.6) is 11.5 Å². The van der Waals surface area contributed by atoms with Crippen LogP contribution >= 0.6 is 0 Å². The van der Waals surface area contributed by atoms with Crippen molar-refractivity contribution < 1.29 is 28.2 Å². The summed E-state index contributed by atoms with van der Waals surface area (Å²) < 4.78 is 28.1. The van der Waals surface area contributed by atoms with Gasteiger partial charge in [-0.1, -0.05) is 12.1 Å². The van der Waals surface area contributed by atoms with Crippen LogP contribution in [0.15, 0.2) is 42.5 Å². The van der Waals surface area contributed by atoms with Crippen LogP contribution in [-0.2, 0) is 16.0 Å². The number of hydrogen-bond acceptors (Lipinski definition) is 5. The molecule has 0 spiro atoms. The Morgan fingerprint density at radius 3 is 2.64 bits per heavy atom. The highest BCUT2D eigenvalue weighted by atomic mass is 19.1. The zero-order chi connectivity index (χ0) is 17.6. The van der Waals surface area contributed by atoms with E-state index in [0.717, 1.165) is 5.56 Å². The molecule has 0 unspecified atom stereocenters. The summed E-state index contributed by atoms with van der Waals surface area (Å²) in [4.78, 5) is 23.7. The number of carbonyl (C=O) groups excluding carboxylic acids is 2. The van der Waals surface area contributed by atoms with E-state index >= 15 is 0 Å². The van der Waals surface area contributed by atoms with Crippen molar-refractivity contribution in [2.45, 2.75) is 6.42 Å². The van der Waals surface area contributed by atoms with Crippen LogP contribution in [0.3, 0.4) is 0 Å². The molecule has 25 heavy (non-hydrogen) atoms. The van der Waals surface area contributed by atoms with Gasteiger partial charge in [0.1, 0.15) is 5.82 Å². The van der Waals surface area contributed by atoms with Crippen LogP contribution in [0.1, 0.15) is 15.9 Å². The van der Waals surface area contributed by atoms with E-state index in [1.165, 1.54) is 18.2 Å². The summed E-state index contributed by atoms with van der Waals surface area (Å²) >= 11 is 0. The Kier molecular flexibility index (Phi) is 5.13. The fourth-order valence-electron chi connectivity index (χ4n) is 2.29. The van der Waals surface area contributed by atoms with Crippen molar-refractivity contribution >= 4 is 11.9 Å². The lowest BCUT2D eigenvalue weighted by Gasteiger charge is -2.07. The summed E-state index contributed by atoms with van der Waals surface area (Å²) in [5, 5.41) is 2.64. The van der Waals surface area contributed by atoms with Gasteiger partial charge in [0.15, 0.2) is 18.1 Å². The van der Waals surface area contributed by atoms with Gasteiger partial charge >= 0.3 is 5.97 Å². The molecule has 0 atom stereocenters. The highest BCUT2D eigenvalue weighted by molar-refractivity contribution is 5.92. The summed E-state index contributed by atoms with van der Waals surface area (Å²) in [7, 11) is 0. The fourth-order valence-corrected chi connectivity index (χ4v) is 2.29. The van der Waals surface area contributed by atoms with Crippen LogP contribution in [0.4, 0.5) is 4.39 Å². The first kappa shape index (κ1) is 16.8. The normalized spacial score (nSPS) is 11.9. The highest BCUT2D eigenvalue weighted by Crippen LogP contribution is 2.32. The average Bonchev–Trinajstić information content (AvgIpc) is 3.09. The largest absolute Gasteiger partial charge is 0.454 e. The second-order valence-electron chi connectivity index (χ2n) is 5.37. The number of carbonyl (C=O) groups is 2. The molecular formula is C18H16FNO5. The summed E-state index contributed by atoms with van der Waals surface area (Å²) in [5.41, 5.74) is 1.18. The maximum Gasteiger partial charge on any atom is 0.338 e. The van der Waals surface area contributed by atoms with Crippen LogP contribution in [0.2, 0.25) is 0 Å². The van der Waals surface area contributed by atoms with Gasteiger partial charge in [0, 0.05) is 6.54 Å². The quantitative estimate of drug-likeness (QED) is 0.812. The number of amides is 1. The SMILES string of the molecule is O=C(COC(=O)c1ccc2c(c1)OCO2)NCCc1ccc(F)cc1. The minimum absolute atomic E-state index is 0.115. The van der Waals surface area contributed by atoms with E-state index in [2.05, 4.69) is 5.32 Å². The molecule has 7 heteroatoms. The summed E-state index contributed by atoms with van der Waals surface area (Å²) in [5.74, 6) is -0.292. The van der Waals surface area contributed by atoms with Crippen LogP contribution in [-0.4, -0.2) is 31.8 Å².